The van der Waals surface area contributed by atoms with Crippen molar-refractivity contribution >= 4 is 16.7 Å². The largest absolute Gasteiger partial charge is 0.308 e. The summed E-state index contributed by atoms with van der Waals surface area (Å²) in [6.45, 7) is 6.65. The zero-order valence-electron chi connectivity index (χ0n) is 13.2. The number of aromatic nitrogens is 1. The number of hydrogen-bond donors (Lipinski definition) is 2. The summed E-state index contributed by atoms with van der Waals surface area (Å²) in [5, 5.41) is 1.13. The third-order valence-electron chi connectivity index (χ3n) is 3.90. The summed E-state index contributed by atoms with van der Waals surface area (Å²) in [6, 6.07) is 18.7. The molecule has 0 saturated heterocycles. The third kappa shape index (κ3) is 2.68. The van der Waals surface area contributed by atoms with Gasteiger partial charge in [0, 0.05) is 10.9 Å². The van der Waals surface area contributed by atoms with Crippen LogP contribution in [0.15, 0.2) is 54.6 Å². The van der Waals surface area contributed by atoms with Crippen LogP contribution >= 0.6 is 0 Å². The van der Waals surface area contributed by atoms with Crippen molar-refractivity contribution in [1.82, 2.24) is 4.98 Å². The van der Waals surface area contributed by atoms with E-state index in [0.29, 0.717) is 5.82 Å². The molecule has 1 aromatic heterocycles. The predicted octanol–water partition coefficient (Wildman–Crippen LogP) is 4.48. The first-order chi connectivity index (χ1) is 10.5. The number of fused-ring (bicyclic) bond motifs is 1. The number of nitrogens with two attached hydrogens (primary N) is 1. The van der Waals surface area contributed by atoms with Crippen LogP contribution in [-0.4, -0.2) is 4.98 Å². The number of pyridine rings is 1. The van der Waals surface area contributed by atoms with Gasteiger partial charge >= 0.3 is 0 Å². The fourth-order valence-corrected chi connectivity index (χ4v) is 2.59. The second-order valence-electron chi connectivity index (χ2n) is 6.55. The topological polar surface area (TPSA) is 50.9 Å². The molecule has 1 heterocycles. The molecular formula is C19H21N3. The molecule has 0 fully saturated rings. The van der Waals surface area contributed by atoms with Crippen LogP contribution in [0.4, 0.5) is 5.82 Å². The second-order valence-corrected chi connectivity index (χ2v) is 6.55. The fraction of sp³-hybridized carbons (Fsp3) is 0.211. The first-order valence-electron chi connectivity index (χ1n) is 7.46. The lowest BCUT2D eigenvalue weighted by Crippen LogP contribution is -2.12. The molecule has 112 valence electrons. The van der Waals surface area contributed by atoms with Crippen molar-refractivity contribution in [3.05, 3.63) is 60.2 Å². The first kappa shape index (κ1) is 14.5. The van der Waals surface area contributed by atoms with Gasteiger partial charge in [-0.1, -0.05) is 57.2 Å². The maximum Gasteiger partial charge on any atom is 0.148 e. The van der Waals surface area contributed by atoms with Crippen LogP contribution in [-0.2, 0) is 5.41 Å². The van der Waals surface area contributed by atoms with Crippen LogP contribution < -0.4 is 11.3 Å². The van der Waals surface area contributed by atoms with E-state index in [2.05, 4.69) is 67.6 Å². The van der Waals surface area contributed by atoms with Gasteiger partial charge in [0.2, 0.25) is 0 Å². The average Bonchev–Trinajstić information content (AvgIpc) is 2.53. The lowest BCUT2D eigenvalue weighted by atomic mass is 9.86. The number of nitrogen functional groups attached to an aromatic ring is 1. The van der Waals surface area contributed by atoms with Crippen LogP contribution in [0, 0.1) is 0 Å². The minimum absolute atomic E-state index is 0.117. The molecule has 0 aliphatic rings. The van der Waals surface area contributed by atoms with Gasteiger partial charge in [0.25, 0.3) is 0 Å². The number of nitrogens with zero attached hydrogens (tertiary/aromatic N) is 1. The standard InChI is InChI=1S/C19H21N3/c1-19(2,3)15-9-10-17-14(11-15)12-16(18(21-17)22-20)13-7-5-4-6-8-13/h4-12H,20H2,1-3H3,(H,21,22). The van der Waals surface area contributed by atoms with E-state index >= 15 is 0 Å². The smallest absolute Gasteiger partial charge is 0.148 e. The highest BCUT2D eigenvalue weighted by Gasteiger charge is 2.15. The molecule has 3 heteroatoms. The van der Waals surface area contributed by atoms with E-state index in [-0.39, 0.29) is 5.41 Å². The zero-order valence-corrected chi connectivity index (χ0v) is 13.2. The molecule has 3 N–H and O–H groups in total. The summed E-state index contributed by atoms with van der Waals surface area (Å²) in [5.41, 5.74) is 7.20. The van der Waals surface area contributed by atoms with Gasteiger partial charge in [-0.15, -0.1) is 0 Å². The number of anilines is 1. The SMILES string of the molecule is CC(C)(C)c1ccc2nc(NN)c(-c3ccccc3)cc2c1. The lowest BCUT2D eigenvalue weighted by molar-refractivity contribution is 0.591. The van der Waals surface area contributed by atoms with Gasteiger partial charge < -0.3 is 5.43 Å². The summed E-state index contributed by atoms with van der Waals surface area (Å²) < 4.78 is 0. The van der Waals surface area contributed by atoms with Crippen molar-refractivity contribution in [2.75, 3.05) is 5.43 Å². The van der Waals surface area contributed by atoms with Gasteiger partial charge in [0.1, 0.15) is 5.82 Å². The van der Waals surface area contributed by atoms with Gasteiger partial charge in [-0.05, 0) is 34.7 Å². The number of hydrogen-bond acceptors (Lipinski definition) is 3. The first-order valence-corrected chi connectivity index (χ1v) is 7.46. The number of hydrazine groups is 1. The van der Waals surface area contributed by atoms with Crippen LogP contribution in [0.2, 0.25) is 0 Å². The van der Waals surface area contributed by atoms with E-state index in [1.807, 2.05) is 18.2 Å². The minimum atomic E-state index is 0.117. The number of nitrogens with one attached hydrogen (secondary N) is 1. The van der Waals surface area contributed by atoms with Crippen LogP contribution in [0.1, 0.15) is 26.3 Å². The Morgan fingerprint density at radius 1 is 0.955 bits per heavy atom. The van der Waals surface area contributed by atoms with Crippen molar-refractivity contribution in [3.8, 4) is 11.1 Å². The molecule has 0 saturated carbocycles. The van der Waals surface area contributed by atoms with E-state index in [1.165, 1.54) is 5.56 Å². The molecule has 0 aliphatic heterocycles. The van der Waals surface area contributed by atoms with Gasteiger partial charge in [0.15, 0.2) is 0 Å². The average molecular weight is 291 g/mol. The molecule has 3 aromatic rings. The summed E-state index contributed by atoms with van der Waals surface area (Å²) in [6.07, 6.45) is 0. The van der Waals surface area contributed by atoms with Crippen LogP contribution in [0.25, 0.3) is 22.0 Å². The van der Waals surface area contributed by atoms with Gasteiger partial charge in [-0.25, -0.2) is 10.8 Å². The Labute approximate surface area is 131 Å². The molecule has 22 heavy (non-hydrogen) atoms. The molecule has 0 radical (unpaired) electrons. The molecular weight excluding hydrogens is 270 g/mol. The summed E-state index contributed by atoms with van der Waals surface area (Å²) in [4.78, 5) is 4.66. The Morgan fingerprint density at radius 3 is 2.32 bits per heavy atom. The lowest BCUT2D eigenvalue weighted by Gasteiger charge is -2.20. The summed E-state index contributed by atoms with van der Waals surface area (Å²) >= 11 is 0. The van der Waals surface area contributed by atoms with E-state index in [4.69, 9.17) is 5.84 Å². The Morgan fingerprint density at radius 2 is 1.68 bits per heavy atom. The highest BCUT2D eigenvalue weighted by Crippen LogP contribution is 2.32. The maximum absolute atomic E-state index is 5.67. The van der Waals surface area contributed by atoms with Crippen molar-refractivity contribution in [2.45, 2.75) is 26.2 Å². The van der Waals surface area contributed by atoms with E-state index in [0.717, 1.165) is 22.0 Å². The summed E-state index contributed by atoms with van der Waals surface area (Å²) in [5.74, 6) is 6.36. The minimum Gasteiger partial charge on any atom is -0.308 e. The van der Waals surface area contributed by atoms with E-state index in [1.54, 1.807) is 0 Å². The normalized spacial score (nSPS) is 11.6. The van der Waals surface area contributed by atoms with Gasteiger partial charge in [-0.3, -0.25) is 0 Å². The zero-order chi connectivity index (χ0) is 15.7. The molecule has 0 bridgehead atoms. The predicted molar refractivity (Wildman–Crippen MR) is 93.7 cm³/mol. The Bertz CT molecular complexity index is 802. The number of benzene rings is 2. The van der Waals surface area contributed by atoms with Crippen LogP contribution in [0.5, 0.6) is 0 Å². The second kappa shape index (κ2) is 5.43. The molecule has 2 aromatic carbocycles. The Hall–Kier alpha value is -2.39. The molecule has 3 nitrogen and oxygen atoms in total. The van der Waals surface area contributed by atoms with Crippen molar-refractivity contribution < 1.29 is 0 Å². The molecule has 0 amide bonds. The van der Waals surface area contributed by atoms with Crippen molar-refractivity contribution in [2.24, 2.45) is 5.84 Å². The number of rotatable bonds is 2. The maximum atomic E-state index is 5.67. The molecule has 0 atom stereocenters. The van der Waals surface area contributed by atoms with E-state index < -0.39 is 0 Å². The van der Waals surface area contributed by atoms with E-state index in [9.17, 15) is 0 Å². The highest BCUT2D eigenvalue weighted by molar-refractivity contribution is 5.89. The fourth-order valence-electron chi connectivity index (χ4n) is 2.59. The Kier molecular flexibility index (Phi) is 3.59. The monoisotopic (exact) mass is 291 g/mol. The van der Waals surface area contributed by atoms with Crippen molar-refractivity contribution in [1.29, 1.82) is 0 Å². The Balaban J connectivity index is 2.23. The van der Waals surface area contributed by atoms with Gasteiger partial charge in [-0.2, -0.15) is 0 Å². The van der Waals surface area contributed by atoms with Gasteiger partial charge in [0.05, 0.1) is 5.52 Å². The molecule has 0 spiro atoms. The molecule has 0 unspecified atom stereocenters. The quantitative estimate of drug-likeness (QED) is 0.540. The third-order valence-corrected chi connectivity index (χ3v) is 3.90. The molecule has 0 aliphatic carbocycles. The van der Waals surface area contributed by atoms with Crippen LogP contribution in [0.3, 0.4) is 0 Å². The summed E-state index contributed by atoms with van der Waals surface area (Å²) in [7, 11) is 0. The van der Waals surface area contributed by atoms with Crippen molar-refractivity contribution in [3.63, 3.8) is 0 Å². The molecule has 3 rings (SSSR count). The highest BCUT2D eigenvalue weighted by atomic mass is 15.2.